The second-order valence-electron chi connectivity index (χ2n) is 5.07. The highest BCUT2D eigenvalue weighted by Gasteiger charge is 2.17. The minimum atomic E-state index is -0.451. The molecule has 1 amide bonds. The van der Waals surface area contributed by atoms with E-state index in [1.165, 1.54) is 6.07 Å². The molecule has 3 rings (SSSR count). The van der Waals surface area contributed by atoms with Crippen molar-refractivity contribution in [2.75, 3.05) is 31.2 Å². The van der Waals surface area contributed by atoms with Crippen LogP contribution in [0.3, 0.4) is 0 Å². The molecule has 1 fully saturated rings. The van der Waals surface area contributed by atoms with E-state index in [2.05, 4.69) is 20.5 Å². The molecular weight excluding hydrogens is 305 g/mol. The molecule has 1 aliphatic rings. The molecule has 0 unspecified atom stereocenters. The Hall–Kier alpha value is -2.68. The van der Waals surface area contributed by atoms with Gasteiger partial charge in [0.05, 0.1) is 25.4 Å². The number of H-pyrrole nitrogens is 2. The predicted octanol–water partition coefficient (Wildman–Crippen LogP) is 0.00370. The van der Waals surface area contributed by atoms with Crippen LogP contribution in [0.2, 0.25) is 0 Å². The molecule has 0 radical (unpaired) electrons. The number of anilines is 1. The first kappa shape index (κ1) is 15.2. The van der Waals surface area contributed by atoms with Gasteiger partial charge in [-0.25, -0.2) is 14.3 Å². The summed E-state index contributed by atoms with van der Waals surface area (Å²) in [6.07, 6.45) is 0. The van der Waals surface area contributed by atoms with Crippen LogP contribution in [0.4, 0.5) is 10.1 Å². The zero-order valence-electron chi connectivity index (χ0n) is 12.3. The summed E-state index contributed by atoms with van der Waals surface area (Å²) in [6.45, 7) is 2.40. The number of morpholine rings is 1. The fourth-order valence-corrected chi connectivity index (χ4v) is 2.36. The molecule has 8 nitrogen and oxygen atoms in total. The smallest absolute Gasteiger partial charge is 0.340 e. The van der Waals surface area contributed by atoms with Crippen molar-refractivity contribution in [1.82, 2.24) is 20.5 Å². The number of hydrogen-bond acceptors (Lipinski definition) is 5. The van der Waals surface area contributed by atoms with E-state index in [1.807, 2.05) is 4.90 Å². The Kier molecular flexibility index (Phi) is 4.38. The minimum absolute atomic E-state index is 0.0460. The van der Waals surface area contributed by atoms with Gasteiger partial charge in [-0.3, -0.25) is 9.78 Å². The molecule has 1 aromatic heterocycles. The van der Waals surface area contributed by atoms with Gasteiger partial charge in [0.25, 0.3) is 5.91 Å². The van der Waals surface area contributed by atoms with Crippen LogP contribution >= 0.6 is 0 Å². The summed E-state index contributed by atoms with van der Waals surface area (Å²) in [7, 11) is 0. The van der Waals surface area contributed by atoms with Gasteiger partial charge < -0.3 is 15.0 Å². The summed E-state index contributed by atoms with van der Waals surface area (Å²) >= 11 is 0. The second-order valence-corrected chi connectivity index (χ2v) is 5.07. The second kappa shape index (κ2) is 6.61. The number of aromatic nitrogens is 3. The number of benzene rings is 1. The van der Waals surface area contributed by atoms with Gasteiger partial charge in [0.1, 0.15) is 11.6 Å². The number of rotatable bonds is 4. The van der Waals surface area contributed by atoms with E-state index in [0.717, 1.165) is 0 Å². The van der Waals surface area contributed by atoms with Crippen molar-refractivity contribution in [3.05, 3.63) is 45.9 Å². The van der Waals surface area contributed by atoms with Gasteiger partial charge in [-0.05, 0) is 18.2 Å². The number of nitrogens with zero attached hydrogens (tertiary/aromatic N) is 2. The number of carbonyl (C=O) groups excluding carboxylic acids is 1. The Labute approximate surface area is 130 Å². The van der Waals surface area contributed by atoms with Crippen molar-refractivity contribution < 1.29 is 13.9 Å². The van der Waals surface area contributed by atoms with E-state index >= 15 is 0 Å². The van der Waals surface area contributed by atoms with Crippen molar-refractivity contribution in [3.8, 4) is 0 Å². The van der Waals surface area contributed by atoms with E-state index in [9.17, 15) is 14.0 Å². The average molecular weight is 321 g/mol. The summed E-state index contributed by atoms with van der Waals surface area (Å²) in [5.74, 6) is -0.595. The lowest BCUT2D eigenvalue weighted by atomic mass is 10.1. The highest BCUT2D eigenvalue weighted by Crippen LogP contribution is 2.21. The van der Waals surface area contributed by atoms with Crippen molar-refractivity contribution >= 4 is 11.6 Å². The van der Waals surface area contributed by atoms with Crippen LogP contribution in [0.1, 0.15) is 16.2 Å². The van der Waals surface area contributed by atoms with Gasteiger partial charge in [0, 0.05) is 18.7 Å². The molecule has 0 aliphatic carbocycles. The lowest BCUT2D eigenvalue weighted by molar-refractivity contribution is 0.0949. The average Bonchev–Trinajstić information content (AvgIpc) is 2.99. The first-order valence-electron chi connectivity index (χ1n) is 7.17. The van der Waals surface area contributed by atoms with E-state index < -0.39 is 17.4 Å². The standard InChI is InChI=1S/C14H16FN5O3/c15-10-7-9(1-2-11(10)20-3-5-23-6-4-20)13(21)16-8-12-17-14(22)19-18-12/h1-2,7H,3-6,8H2,(H,16,21)(H2,17,18,19,22). The highest BCUT2D eigenvalue weighted by molar-refractivity contribution is 5.94. The molecule has 1 aromatic carbocycles. The largest absolute Gasteiger partial charge is 0.378 e. The lowest BCUT2D eigenvalue weighted by Gasteiger charge is -2.29. The van der Waals surface area contributed by atoms with Crippen LogP contribution in [0.25, 0.3) is 0 Å². The minimum Gasteiger partial charge on any atom is -0.378 e. The fourth-order valence-electron chi connectivity index (χ4n) is 2.36. The molecule has 23 heavy (non-hydrogen) atoms. The van der Waals surface area contributed by atoms with Gasteiger partial charge in [0.2, 0.25) is 0 Å². The van der Waals surface area contributed by atoms with Crippen LogP contribution < -0.4 is 15.9 Å². The Morgan fingerprint density at radius 1 is 1.39 bits per heavy atom. The van der Waals surface area contributed by atoms with Crippen LogP contribution in [0, 0.1) is 5.82 Å². The molecule has 9 heteroatoms. The Balaban J connectivity index is 1.66. The number of carbonyl (C=O) groups is 1. The van der Waals surface area contributed by atoms with Crippen LogP contribution in [-0.4, -0.2) is 47.4 Å². The van der Waals surface area contributed by atoms with Gasteiger partial charge >= 0.3 is 5.69 Å². The molecule has 0 saturated carbocycles. The first-order chi connectivity index (χ1) is 11.1. The molecule has 0 bridgehead atoms. The summed E-state index contributed by atoms with van der Waals surface area (Å²) in [5, 5.41) is 8.43. The number of ether oxygens (including phenoxy) is 1. The maximum atomic E-state index is 14.2. The number of aromatic amines is 2. The molecular formula is C14H16FN5O3. The molecule has 122 valence electrons. The Morgan fingerprint density at radius 2 is 2.17 bits per heavy atom. The van der Waals surface area contributed by atoms with Gasteiger partial charge in [-0.1, -0.05) is 0 Å². The SMILES string of the molecule is O=C(NCc1n[nH]c(=O)[nH]1)c1ccc(N2CCOCC2)c(F)c1. The molecule has 0 atom stereocenters. The van der Waals surface area contributed by atoms with Crippen LogP contribution in [0.5, 0.6) is 0 Å². The monoisotopic (exact) mass is 321 g/mol. The third-order valence-corrected chi connectivity index (χ3v) is 3.53. The number of nitrogens with one attached hydrogen (secondary N) is 3. The van der Waals surface area contributed by atoms with E-state index in [1.54, 1.807) is 12.1 Å². The normalized spacial score (nSPS) is 14.7. The summed E-state index contributed by atoms with van der Waals surface area (Å²) in [4.78, 5) is 27.2. The van der Waals surface area contributed by atoms with Crippen LogP contribution in [-0.2, 0) is 11.3 Å². The van der Waals surface area contributed by atoms with Gasteiger partial charge in [-0.15, -0.1) is 0 Å². The van der Waals surface area contributed by atoms with Gasteiger partial charge in [-0.2, -0.15) is 5.10 Å². The quantitative estimate of drug-likeness (QED) is 0.736. The van der Waals surface area contributed by atoms with Gasteiger partial charge in [0.15, 0.2) is 0 Å². The molecule has 1 saturated heterocycles. The van der Waals surface area contributed by atoms with E-state index in [0.29, 0.717) is 37.8 Å². The van der Waals surface area contributed by atoms with Crippen molar-refractivity contribution in [3.63, 3.8) is 0 Å². The third-order valence-electron chi connectivity index (χ3n) is 3.53. The fraction of sp³-hybridized carbons (Fsp3) is 0.357. The summed E-state index contributed by atoms with van der Waals surface area (Å²) in [5.41, 5.74) is 0.217. The zero-order chi connectivity index (χ0) is 16.2. The van der Waals surface area contributed by atoms with Crippen LogP contribution in [0.15, 0.2) is 23.0 Å². The summed E-state index contributed by atoms with van der Waals surface area (Å²) < 4.78 is 19.5. The molecule has 2 heterocycles. The summed E-state index contributed by atoms with van der Waals surface area (Å²) in [6, 6.07) is 4.36. The Bertz CT molecular complexity index is 751. The highest BCUT2D eigenvalue weighted by atomic mass is 19.1. The number of hydrogen-bond donors (Lipinski definition) is 3. The zero-order valence-corrected chi connectivity index (χ0v) is 12.3. The lowest BCUT2D eigenvalue weighted by Crippen LogP contribution is -2.36. The maximum absolute atomic E-state index is 14.2. The first-order valence-corrected chi connectivity index (χ1v) is 7.17. The van der Waals surface area contributed by atoms with Crippen molar-refractivity contribution in [2.24, 2.45) is 0 Å². The van der Waals surface area contributed by atoms with Crippen molar-refractivity contribution in [2.45, 2.75) is 6.54 Å². The Morgan fingerprint density at radius 3 is 2.83 bits per heavy atom. The number of amides is 1. The third kappa shape index (κ3) is 3.57. The number of halogens is 1. The molecule has 0 spiro atoms. The molecule has 3 N–H and O–H groups in total. The molecule has 2 aromatic rings. The topological polar surface area (TPSA) is 103 Å². The van der Waals surface area contributed by atoms with Crippen molar-refractivity contribution in [1.29, 1.82) is 0 Å². The van der Waals surface area contributed by atoms with E-state index in [4.69, 9.17) is 4.74 Å². The maximum Gasteiger partial charge on any atom is 0.340 e. The molecule has 1 aliphatic heterocycles. The predicted molar refractivity (Wildman–Crippen MR) is 79.8 cm³/mol. The van der Waals surface area contributed by atoms with E-state index in [-0.39, 0.29) is 12.1 Å².